The zero-order chi connectivity index (χ0) is 18.8. The lowest BCUT2D eigenvalue weighted by Gasteiger charge is -2.26. The largest absolute Gasteiger partial charge is 0.298 e. The highest BCUT2D eigenvalue weighted by molar-refractivity contribution is 6.36. The Balaban J connectivity index is 1.97. The van der Waals surface area contributed by atoms with E-state index in [1.807, 2.05) is 19.2 Å². The monoisotopic (exact) mass is 425 g/mol. The molecule has 1 fully saturated rings. The number of rotatable bonds is 2. The summed E-state index contributed by atoms with van der Waals surface area (Å²) in [5.74, 6) is -0.0138. The molecule has 2 aromatic carbocycles. The Kier molecular flexibility index (Phi) is 6.11. The van der Waals surface area contributed by atoms with Gasteiger partial charge in [0.2, 0.25) is 0 Å². The molecule has 0 atom stereocenters. The van der Waals surface area contributed by atoms with E-state index in [-0.39, 0.29) is 5.78 Å². The van der Waals surface area contributed by atoms with Gasteiger partial charge < -0.3 is 0 Å². The van der Waals surface area contributed by atoms with Crippen LogP contribution in [0.25, 0.3) is 12.2 Å². The molecule has 1 aliphatic rings. The molecule has 2 aromatic rings. The number of piperidine rings is 1. The van der Waals surface area contributed by atoms with Gasteiger partial charge in [-0.15, -0.1) is 0 Å². The Morgan fingerprint density at radius 1 is 0.808 bits per heavy atom. The summed E-state index contributed by atoms with van der Waals surface area (Å²) in [7, 11) is 1.96. The first-order valence-electron chi connectivity index (χ1n) is 7.88. The molecule has 1 heterocycles. The van der Waals surface area contributed by atoms with Crippen molar-refractivity contribution in [2.75, 3.05) is 20.1 Å². The second-order valence-electron chi connectivity index (χ2n) is 6.17. The minimum absolute atomic E-state index is 0.0138. The van der Waals surface area contributed by atoms with Gasteiger partial charge >= 0.3 is 0 Å². The average Bonchev–Trinajstić information content (AvgIpc) is 2.56. The van der Waals surface area contributed by atoms with Crippen LogP contribution in [0, 0.1) is 0 Å². The fraction of sp³-hybridized carbons (Fsp3) is 0.150. The zero-order valence-corrected chi connectivity index (χ0v) is 16.9. The molecule has 1 saturated heterocycles. The van der Waals surface area contributed by atoms with Gasteiger partial charge in [0.25, 0.3) is 0 Å². The van der Waals surface area contributed by atoms with Crippen LogP contribution in [0.3, 0.4) is 0 Å². The summed E-state index contributed by atoms with van der Waals surface area (Å²) in [4.78, 5) is 15.0. The lowest BCUT2D eigenvalue weighted by Crippen LogP contribution is -2.34. The van der Waals surface area contributed by atoms with E-state index in [4.69, 9.17) is 46.4 Å². The number of likely N-dealkylation sites (tertiary alicyclic amines) is 1. The van der Waals surface area contributed by atoms with Crippen LogP contribution < -0.4 is 0 Å². The molecule has 134 valence electrons. The summed E-state index contributed by atoms with van der Waals surface area (Å²) in [5.41, 5.74) is 2.86. The van der Waals surface area contributed by atoms with Gasteiger partial charge in [-0.2, -0.15) is 0 Å². The van der Waals surface area contributed by atoms with Crippen LogP contribution >= 0.6 is 46.4 Å². The quantitative estimate of drug-likeness (QED) is 0.526. The molecule has 0 N–H and O–H groups in total. The first kappa shape index (κ1) is 19.5. The van der Waals surface area contributed by atoms with Crippen molar-refractivity contribution in [3.63, 3.8) is 0 Å². The van der Waals surface area contributed by atoms with Crippen molar-refractivity contribution < 1.29 is 4.79 Å². The molecule has 2 nitrogen and oxygen atoms in total. The standard InChI is InChI=1S/C20H15Cl4NO/c1-25-10-14(6-12-2-4-16(21)8-18(12)23)20(26)15(11-25)7-13-3-5-17(22)9-19(13)24/h2-9H,10-11H2,1H3/b14-6+,15-7+. The van der Waals surface area contributed by atoms with E-state index in [1.54, 1.807) is 36.4 Å². The third kappa shape index (κ3) is 4.51. The molecule has 26 heavy (non-hydrogen) atoms. The molecule has 0 amide bonds. The summed E-state index contributed by atoms with van der Waals surface area (Å²) in [5, 5.41) is 2.14. The van der Waals surface area contributed by atoms with E-state index in [0.717, 1.165) is 11.1 Å². The Morgan fingerprint density at radius 2 is 1.23 bits per heavy atom. The third-order valence-corrected chi connectivity index (χ3v) is 5.17. The van der Waals surface area contributed by atoms with Crippen LogP contribution in [0.4, 0.5) is 0 Å². The fourth-order valence-electron chi connectivity index (χ4n) is 2.82. The van der Waals surface area contributed by atoms with E-state index in [2.05, 4.69) is 4.90 Å². The predicted molar refractivity (Wildman–Crippen MR) is 111 cm³/mol. The number of carbonyl (C=O) groups excluding carboxylic acids is 1. The van der Waals surface area contributed by atoms with E-state index in [0.29, 0.717) is 44.3 Å². The number of likely N-dealkylation sites (N-methyl/N-ethyl adjacent to an activating group) is 1. The van der Waals surface area contributed by atoms with Crippen LogP contribution in [0.15, 0.2) is 47.5 Å². The first-order chi connectivity index (χ1) is 12.3. The Hall–Kier alpha value is -1.29. The molecular weight excluding hydrogens is 412 g/mol. The average molecular weight is 427 g/mol. The molecule has 0 saturated carbocycles. The van der Waals surface area contributed by atoms with E-state index < -0.39 is 0 Å². The number of benzene rings is 2. The smallest absolute Gasteiger partial charge is 0.187 e. The van der Waals surface area contributed by atoms with E-state index in [1.165, 1.54) is 0 Å². The van der Waals surface area contributed by atoms with Crippen molar-refractivity contribution in [2.45, 2.75) is 0 Å². The number of nitrogens with zero attached hydrogens (tertiary/aromatic N) is 1. The second-order valence-corrected chi connectivity index (χ2v) is 7.86. The molecule has 0 unspecified atom stereocenters. The van der Waals surface area contributed by atoms with Gasteiger partial charge in [0.15, 0.2) is 5.78 Å². The second kappa shape index (κ2) is 8.16. The van der Waals surface area contributed by atoms with Gasteiger partial charge in [-0.1, -0.05) is 58.5 Å². The lowest BCUT2D eigenvalue weighted by molar-refractivity contribution is -0.113. The van der Waals surface area contributed by atoms with Crippen molar-refractivity contribution in [1.82, 2.24) is 4.90 Å². The van der Waals surface area contributed by atoms with Gasteiger partial charge in [0, 0.05) is 44.3 Å². The molecule has 3 rings (SSSR count). The maximum absolute atomic E-state index is 12.9. The molecule has 0 bridgehead atoms. The Bertz CT molecular complexity index is 860. The molecule has 1 aliphatic heterocycles. The fourth-order valence-corrected chi connectivity index (χ4v) is 3.75. The van der Waals surface area contributed by atoms with Crippen LogP contribution in [-0.2, 0) is 4.79 Å². The lowest BCUT2D eigenvalue weighted by atomic mass is 9.94. The number of halogens is 4. The van der Waals surface area contributed by atoms with Crippen molar-refractivity contribution in [2.24, 2.45) is 0 Å². The van der Waals surface area contributed by atoms with Gasteiger partial charge in [0.05, 0.1) is 0 Å². The first-order valence-corrected chi connectivity index (χ1v) is 9.39. The van der Waals surface area contributed by atoms with Crippen LogP contribution in [0.5, 0.6) is 0 Å². The number of ketones is 1. The molecule has 6 heteroatoms. The Labute approximate surface area is 172 Å². The third-order valence-electron chi connectivity index (χ3n) is 4.05. The van der Waals surface area contributed by atoms with Gasteiger partial charge in [0.1, 0.15) is 0 Å². The highest BCUT2D eigenvalue weighted by atomic mass is 35.5. The van der Waals surface area contributed by atoms with Gasteiger partial charge in [-0.05, 0) is 54.6 Å². The zero-order valence-electron chi connectivity index (χ0n) is 13.9. The number of Topliss-reactive ketones (excluding diaryl/α,β-unsaturated/α-hetero) is 1. The van der Waals surface area contributed by atoms with Crippen molar-refractivity contribution >= 4 is 64.3 Å². The summed E-state index contributed by atoms with van der Waals surface area (Å²) < 4.78 is 0. The molecular formula is C20H15Cl4NO. The van der Waals surface area contributed by atoms with Crippen LogP contribution in [-0.4, -0.2) is 30.8 Å². The SMILES string of the molecule is CN1C/C(=C\c2ccc(Cl)cc2Cl)C(=O)/C(=C/c2ccc(Cl)cc2Cl)C1. The molecule has 0 radical (unpaired) electrons. The Morgan fingerprint density at radius 3 is 1.62 bits per heavy atom. The maximum Gasteiger partial charge on any atom is 0.187 e. The normalized spacial score (nSPS) is 18.7. The number of hydrogen-bond acceptors (Lipinski definition) is 2. The summed E-state index contributed by atoms with van der Waals surface area (Å²) >= 11 is 24.4. The van der Waals surface area contributed by atoms with Crippen molar-refractivity contribution in [3.8, 4) is 0 Å². The molecule has 0 aromatic heterocycles. The predicted octanol–water partition coefficient (Wildman–Crippen LogP) is 6.28. The topological polar surface area (TPSA) is 20.3 Å². The minimum Gasteiger partial charge on any atom is -0.298 e. The van der Waals surface area contributed by atoms with Crippen LogP contribution in [0.1, 0.15) is 11.1 Å². The maximum atomic E-state index is 12.9. The van der Waals surface area contributed by atoms with E-state index >= 15 is 0 Å². The highest BCUT2D eigenvalue weighted by Gasteiger charge is 2.24. The molecule has 0 aliphatic carbocycles. The van der Waals surface area contributed by atoms with Crippen molar-refractivity contribution in [1.29, 1.82) is 0 Å². The number of hydrogen-bond donors (Lipinski definition) is 0. The highest BCUT2D eigenvalue weighted by Crippen LogP contribution is 2.28. The molecule has 0 spiro atoms. The summed E-state index contributed by atoms with van der Waals surface area (Å²) in [6.45, 7) is 1.09. The van der Waals surface area contributed by atoms with Gasteiger partial charge in [-0.3, -0.25) is 9.69 Å². The number of carbonyl (C=O) groups is 1. The van der Waals surface area contributed by atoms with Crippen molar-refractivity contribution in [3.05, 3.63) is 78.8 Å². The van der Waals surface area contributed by atoms with Gasteiger partial charge in [-0.25, -0.2) is 0 Å². The summed E-state index contributed by atoms with van der Waals surface area (Å²) in [6, 6.07) is 10.4. The minimum atomic E-state index is -0.0138. The van der Waals surface area contributed by atoms with Crippen LogP contribution in [0.2, 0.25) is 20.1 Å². The van der Waals surface area contributed by atoms with E-state index in [9.17, 15) is 4.79 Å². The summed E-state index contributed by atoms with van der Waals surface area (Å²) in [6.07, 6.45) is 3.63.